The first-order valence-corrected chi connectivity index (χ1v) is 9.44. The summed E-state index contributed by atoms with van der Waals surface area (Å²) in [7, 11) is 0. The van der Waals surface area contributed by atoms with Crippen molar-refractivity contribution in [3.8, 4) is 0 Å². The average Bonchev–Trinajstić information content (AvgIpc) is 3.21. The van der Waals surface area contributed by atoms with Gasteiger partial charge in [-0.15, -0.1) is 0 Å². The normalized spacial score (nSPS) is 24.7. The molecule has 0 radical (unpaired) electrons. The highest BCUT2D eigenvalue weighted by molar-refractivity contribution is 6.03. The van der Waals surface area contributed by atoms with Crippen LogP contribution in [0.3, 0.4) is 0 Å². The number of likely N-dealkylation sites (tertiary alicyclic amines) is 1. The second-order valence-corrected chi connectivity index (χ2v) is 7.01. The highest BCUT2D eigenvalue weighted by atomic mass is 19.4. The van der Waals surface area contributed by atoms with E-state index in [9.17, 15) is 27.9 Å². The van der Waals surface area contributed by atoms with Gasteiger partial charge in [0.15, 0.2) is 5.78 Å². The lowest BCUT2D eigenvalue weighted by Gasteiger charge is -2.43. The first-order valence-electron chi connectivity index (χ1n) is 9.44. The second-order valence-electron chi connectivity index (χ2n) is 7.01. The molecule has 2 aliphatic rings. The van der Waals surface area contributed by atoms with Crippen LogP contribution in [0.4, 0.5) is 13.2 Å². The molecule has 2 atom stereocenters. The number of halogens is 3. The molecule has 0 bridgehead atoms. The van der Waals surface area contributed by atoms with E-state index in [-0.39, 0.29) is 17.9 Å². The predicted octanol–water partition coefficient (Wildman–Crippen LogP) is 3.26. The largest absolute Gasteiger partial charge is 0.463 e. The fourth-order valence-electron chi connectivity index (χ4n) is 3.87. The van der Waals surface area contributed by atoms with Crippen LogP contribution in [0.25, 0.3) is 0 Å². The lowest BCUT2D eigenvalue weighted by molar-refractivity contribution is -0.256. The Balaban J connectivity index is 2.19. The SMILES string of the molecule is CCOC(=O)C1=CC=C(N2CCCC2)C(C(=O)c2ccccc2)C1(O)C(F)(F)F. The molecule has 29 heavy (non-hydrogen) atoms. The zero-order chi connectivity index (χ0) is 21.2. The topological polar surface area (TPSA) is 66.8 Å². The van der Waals surface area contributed by atoms with Gasteiger partial charge in [0.1, 0.15) is 5.92 Å². The summed E-state index contributed by atoms with van der Waals surface area (Å²) in [6, 6.07) is 7.48. The third-order valence-corrected chi connectivity index (χ3v) is 5.26. The Kier molecular flexibility index (Phi) is 5.84. The van der Waals surface area contributed by atoms with E-state index >= 15 is 0 Å². The summed E-state index contributed by atoms with van der Waals surface area (Å²) in [4.78, 5) is 27.2. The molecule has 1 N–H and O–H groups in total. The van der Waals surface area contributed by atoms with Gasteiger partial charge in [0, 0.05) is 24.4 Å². The van der Waals surface area contributed by atoms with Crippen molar-refractivity contribution < 1.29 is 32.6 Å². The second kappa shape index (κ2) is 8.02. The molecular weight excluding hydrogens is 387 g/mol. The van der Waals surface area contributed by atoms with E-state index in [4.69, 9.17) is 4.74 Å². The highest BCUT2D eigenvalue weighted by Crippen LogP contribution is 2.49. The molecule has 1 aromatic rings. The monoisotopic (exact) mass is 409 g/mol. The van der Waals surface area contributed by atoms with Crippen LogP contribution in [0.2, 0.25) is 0 Å². The molecular formula is C21H22F3NO4. The van der Waals surface area contributed by atoms with Crippen molar-refractivity contribution in [3.05, 3.63) is 59.3 Å². The third-order valence-electron chi connectivity index (χ3n) is 5.26. The molecule has 1 aliphatic heterocycles. The molecule has 0 amide bonds. The minimum atomic E-state index is -5.28. The summed E-state index contributed by atoms with van der Waals surface area (Å²) in [5, 5.41) is 11.0. The number of hydrogen-bond acceptors (Lipinski definition) is 5. The molecule has 0 aromatic heterocycles. The number of esters is 1. The Labute approximate surface area is 166 Å². The molecule has 1 aromatic carbocycles. The Morgan fingerprint density at radius 3 is 2.34 bits per heavy atom. The Hall–Kier alpha value is -2.61. The Morgan fingerprint density at radius 2 is 1.79 bits per heavy atom. The number of hydrogen-bond donors (Lipinski definition) is 1. The molecule has 5 nitrogen and oxygen atoms in total. The van der Waals surface area contributed by atoms with Gasteiger partial charge < -0.3 is 14.7 Å². The van der Waals surface area contributed by atoms with Crippen LogP contribution in [0, 0.1) is 5.92 Å². The van der Waals surface area contributed by atoms with E-state index in [1.165, 1.54) is 37.3 Å². The quantitative estimate of drug-likeness (QED) is 0.597. The fraction of sp³-hybridized carbons (Fsp3) is 0.429. The summed E-state index contributed by atoms with van der Waals surface area (Å²) in [6.07, 6.45) is -1.50. The number of aliphatic hydroxyl groups is 1. The Morgan fingerprint density at radius 1 is 1.17 bits per heavy atom. The van der Waals surface area contributed by atoms with E-state index in [1.54, 1.807) is 11.0 Å². The number of ketones is 1. The van der Waals surface area contributed by atoms with Crippen molar-refractivity contribution in [2.75, 3.05) is 19.7 Å². The number of nitrogens with zero attached hydrogens (tertiary/aromatic N) is 1. The van der Waals surface area contributed by atoms with Crippen LogP contribution >= 0.6 is 0 Å². The summed E-state index contributed by atoms with van der Waals surface area (Å²) in [5.41, 5.74) is -4.59. The van der Waals surface area contributed by atoms with Crippen LogP contribution in [0.15, 0.2) is 53.8 Å². The molecule has 1 heterocycles. The van der Waals surface area contributed by atoms with Gasteiger partial charge in [-0.2, -0.15) is 13.2 Å². The maximum Gasteiger partial charge on any atom is 0.422 e. The summed E-state index contributed by atoms with van der Waals surface area (Å²) in [5.74, 6) is -4.21. The van der Waals surface area contributed by atoms with Crippen LogP contribution in [-0.2, 0) is 9.53 Å². The number of carbonyl (C=O) groups excluding carboxylic acids is 2. The molecule has 0 saturated carbocycles. The lowest BCUT2D eigenvalue weighted by atomic mass is 9.71. The summed E-state index contributed by atoms with van der Waals surface area (Å²) in [6.45, 7) is 2.23. The van der Waals surface area contributed by atoms with Gasteiger partial charge in [0.25, 0.3) is 0 Å². The third kappa shape index (κ3) is 3.69. The molecule has 0 spiro atoms. The van der Waals surface area contributed by atoms with Crippen molar-refractivity contribution in [2.24, 2.45) is 5.92 Å². The zero-order valence-corrected chi connectivity index (χ0v) is 15.9. The number of ether oxygens (including phenoxy) is 1. The van der Waals surface area contributed by atoms with E-state index in [0.29, 0.717) is 13.1 Å². The molecule has 1 aliphatic carbocycles. The highest BCUT2D eigenvalue weighted by Gasteiger charge is 2.67. The maximum absolute atomic E-state index is 14.3. The van der Waals surface area contributed by atoms with Gasteiger partial charge in [-0.05, 0) is 31.9 Å². The first kappa shape index (κ1) is 21.1. The van der Waals surface area contributed by atoms with Crippen molar-refractivity contribution in [3.63, 3.8) is 0 Å². The van der Waals surface area contributed by atoms with E-state index in [1.807, 2.05) is 0 Å². The van der Waals surface area contributed by atoms with Gasteiger partial charge >= 0.3 is 12.1 Å². The lowest BCUT2D eigenvalue weighted by Crippen LogP contribution is -2.60. The van der Waals surface area contributed by atoms with Gasteiger partial charge in [-0.3, -0.25) is 4.79 Å². The number of carbonyl (C=O) groups is 2. The van der Waals surface area contributed by atoms with Crippen LogP contribution in [0.5, 0.6) is 0 Å². The number of benzene rings is 1. The number of rotatable bonds is 5. The van der Waals surface area contributed by atoms with E-state index in [0.717, 1.165) is 18.9 Å². The fourth-order valence-corrected chi connectivity index (χ4v) is 3.87. The van der Waals surface area contributed by atoms with Gasteiger partial charge in [-0.1, -0.05) is 30.3 Å². The predicted molar refractivity (Wildman–Crippen MR) is 98.9 cm³/mol. The van der Waals surface area contributed by atoms with E-state index in [2.05, 4.69) is 0 Å². The molecule has 3 rings (SSSR count). The van der Waals surface area contributed by atoms with E-state index < -0.39 is 35.0 Å². The number of allylic oxidation sites excluding steroid dienone is 2. The zero-order valence-electron chi connectivity index (χ0n) is 15.9. The standard InChI is InChI=1S/C21H22F3NO4/c1-2-29-19(27)15-10-11-16(25-12-6-7-13-25)17(20(15,28)21(22,23)24)18(26)14-8-4-3-5-9-14/h3-5,8-11,17,28H,2,6-7,12-13H2,1H3. The van der Waals surface area contributed by atoms with Crippen molar-refractivity contribution in [1.29, 1.82) is 0 Å². The summed E-state index contributed by atoms with van der Waals surface area (Å²) < 4.78 is 47.5. The van der Waals surface area contributed by atoms with Crippen LogP contribution in [0.1, 0.15) is 30.1 Å². The Bertz CT molecular complexity index is 841. The number of alkyl halides is 3. The first-order chi connectivity index (χ1) is 13.7. The average molecular weight is 409 g/mol. The molecule has 8 heteroatoms. The van der Waals surface area contributed by atoms with Gasteiger partial charge in [0.2, 0.25) is 5.60 Å². The van der Waals surface area contributed by atoms with Crippen LogP contribution < -0.4 is 0 Å². The molecule has 1 fully saturated rings. The summed E-state index contributed by atoms with van der Waals surface area (Å²) >= 11 is 0. The smallest absolute Gasteiger partial charge is 0.422 e. The molecule has 156 valence electrons. The van der Waals surface area contributed by atoms with Gasteiger partial charge in [-0.25, -0.2) is 4.79 Å². The van der Waals surface area contributed by atoms with Crippen molar-refractivity contribution in [1.82, 2.24) is 4.90 Å². The van der Waals surface area contributed by atoms with Crippen LogP contribution in [-0.4, -0.2) is 53.2 Å². The van der Waals surface area contributed by atoms with Crippen molar-refractivity contribution in [2.45, 2.75) is 31.5 Å². The minimum Gasteiger partial charge on any atom is -0.463 e. The molecule has 1 saturated heterocycles. The maximum atomic E-state index is 14.3. The van der Waals surface area contributed by atoms with Gasteiger partial charge in [0.05, 0.1) is 12.2 Å². The van der Waals surface area contributed by atoms with Crippen molar-refractivity contribution >= 4 is 11.8 Å². The number of Topliss-reactive ketones (excluding diaryl/α,β-unsaturated/α-hetero) is 1. The molecule has 2 unspecified atom stereocenters. The minimum absolute atomic E-state index is 0.0235.